The summed E-state index contributed by atoms with van der Waals surface area (Å²) in [5.74, 6) is -0.00140. The highest BCUT2D eigenvalue weighted by Crippen LogP contribution is 2.15. The Hall–Kier alpha value is -2.83. The van der Waals surface area contributed by atoms with E-state index in [2.05, 4.69) is 10.6 Å². The van der Waals surface area contributed by atoms with Crippen LogP contribution in [-0.2, 0) is 9.53 Å². The SMILES string of the molecule is CCOC(=O)C1=C(COc2ccc(C(C)=O)cc2)NC(=O)NC1. The summed E-state index contributed by atoms with van der Waals surface area (Å²) in [5, 5.41) is 5.07. The molecule has 0 bridgehead atoms. The maximum Gasteiger partial charge on any atom is 0.337 e. The third-order valence-electron chi connectivity index (χ3n) is 3.22. The summed E-state index contributed by atoms with van der Waals surface area (Å²) in [6, 6.07) is 6.22. The molecule has 0 atom stereocenters. The Morgan fingerprint density at radius 1 is 1.22 bits per heavy atom. The Morgan fingerprint density at radius 2 is 1.91 bits per heavy atom. The van der Waals surface area contributed by atoms with E-state index in [-0.39, 0.29) is 25.5 Å². The van der Waals surface area contributed by atoms with Gasteiger partial charge in [-0.25, -0.2) is 9.59 Å². The number of hydrogen-bond donors (Lipinski definition) is 2. The summed E-state index contributed by atoms with van der Waals surface area (Å²) in [6.07, 6.45) is 0. The van der Waals surface area contributed by atoms with Gasteiger partial charge in [0.25, 0.3) is 0 Å². The second kappa shape index (κ2) is 7.44. The first-order valence-corrected chi connectivity index (χ1v) is 7.19. The minimum Gasteiger partial charge on any atom is -0.487 e. The first kappa shape index (κ1) is 16.5. The Balaban J connectivity index is 2.09. The molecule has 2 rings (SSSR count). The molecule has 1 aromatic rings. The lowest BCUT2D eigenvalue weighted by Crippen LogP contribution is -2.45. The third kappa shape index (κ3) is 4.32. The molecule has 0 fully saturated rings. The van der Waals surface area contributed by atoms with Crippen molar-refractivity contribution >= 4 is 17.8 Å². The van der Waals surface area contributed by atoms with Gasteiger partial charge in [-0.1, -0.05) is 0 Å². The maximum absolute atomic E-state index is 11.9. The molecular weight excluding hydrogens is 300 g/mol. The molecule has 23 heavy (non-hydrogen) atoms. The van der Waals surface area contributed by atoms with Crippen molar-refractivity contribution in [2.45, 2.75) is 13.8 Å². The van der Waals surface area contributed by atoms with Crippen LogP contribution in [0.4, 0.5) is 4.79 Å². The number of benzene rings is 1. The van der Waals surface area contributed by atoms with Gasteiger partial charge in [0.05, 0.1) is 24.4 Å². The number of hydrogen-bond acceptors (Lipinski definition) is 5. The second-order valence-corrected chi connectivity index (χ2v) is 4.85. The zero-order valence-electron chi connectivity index (χ0n) is 13.0. The number of esters is 1. The zero-order valence-corrected chi connectivity index (χ0v) is 13.0. The molecule has 2 amide bonds. The van der Waals surface area contributed by atoms with Crippen LogP contribution in [0.15, 0.2) is 35.5 Å². The van der Waals surface area contributed by atoms with Crippen molar-refractivity contribution in [2.24, 2.45) is 0 Å². The predicted octanol–water partition coefficient (Wildman–Crippen LogP) is 1.40. The minimum atomic E-state index is -0.495. The molecular formula is C16H18N2O5. The number of rotatable bonds is 6. The summed E-state index contributed by atoms with van der Waals surface area (Å²) in [6.45, 7) is 3.54. The largest absolute Gasteiger partial charge is 0.487 e. The molecule has 1 aliphatic rings. The number of carbonyl (C=O) groups is 3. The molecule has 7 heteroatoms. The Bertz CT molecular complexity index is 649. The van der Waals surface area contributed by atoms with Crippen LogP contribution in [0, 0.1) is 0 Å². The quantitative estimate of drug-likeness (QED) is 0.611. The van der Waals surface area contributed by atoms with Crippen LogP contribution in [-0.4, -0.2) is 37.5 Å². The lowest BCUT2D eigenvalue weighted by Gasteiger charge is -2.21. The highest BCUT2D eigenvalue weighted by molar-refractivity contribution is 5.94. The van der Waals surface area contributed by atoms with Crippen LogP contribution in [0.25, 0.3) is 0 Å². The lowest BCUT2D eigenvalue weighted by molar-refractivity contribution is -0.138. The van der Waals surface area contributed by atoms with Crippen LogP contribution >= 0.6 is 0 Å². The standard InChI is InChI=1S/C16H18N2O5/c1-3-22-15(20)13-8-17-16(21)18-14(13)9-23-12-6-4-11(5-7-12)10(2)19/h4-7H,3,8-9H2,1-2H3,(H2,17,18,21). The second-order valence-electron chi connectivity index (χ2n) is 4.85. The van der Waals surface area contributed by atoms with E-state index in [9.17, 15) is 14.4 Å². The van der Waals surface area contributed by atoms with E-state index in [1.807, 2.05) is 0 Å². The summed E-state index contributed by atoms with van der Waals surface area (Å²) in [7, 11) is 0. The maximum atomic E-state index is 11.9. The number of urea groups is 1. The molecule has 122 valence electrons. The van der Waals surface area contributed by atoms with Crippen molar-refractivity contribution in [3.05, 3.63) is 41.1 Å². The topological polar surface area (TPSA) is 93.7 Å². The number of Topliss-reactive ketones (excluding diaryl/α,β-unsaturated/α-hetero) is 1. The molecule has 0 radical (unpaired) electrons. The van der Waals surface area contributed by atoms with Crippen molar-refractivity contribution in [1.82, 2.24) is 10.6 Å². The molecule has 0 saturated carbocycles. The number of carbonyl (C=O) groups excluding carboxylic acids is 3. The fourth-order valence-corrected chi connectivity index (χ4v) is 2.01. The molecule has 2 N–H and O–H groups in total. The predicted molar refractivity (Wildman–Crippen MR) is 82.1 cm³/mol. The smallest absolute Gasteiger partial charge is 0.337 e. The Labute approximate surface area is 133 Å². The van der Waals surface area contributed by atoms with E-state index in [0.717, 1.165) is 0 Å². The molecule has 0 saturated heterocycles. The molecule has 1 aliphatic heterocycles. The average molecular weight is 318 g/mol. The number of ketones is 1. The highest BCUT2D eigenvalue weighted by Gasteiger charge is 2.23. The van der Waals surface area contributed by atoms with Crippen LogP contribution in [0.5, 0.6) is 5.75 Å². The molecule has 0 spiro atoms. The van der Waals surface area contributed by atoms with E-state index in [4.69, 9.17) is 9.47 Å². The first-order valence-electron chi connectivity index (χ1n) is 7.19. The van der Waals surface area contributed by atoms with E-state index in [1.165, 1.54) is 6.92 Å². The van der Waals surface area contributed by atoms with Gasteiger partial charge in [-0.2, -0.15) is 0 Å². The van der Waals surface area contributed by atoms with E-state index in [0.29, 0.717) is 22.6 Å². The van der Waals surface area contributed by atoms with Crippen molar-refractivity contribution in [1.29, 1.82) is 0 Å². The van der Waals surface area contributed by atoms with Crippen LogP contribution in [0.2, 0.25) is 0 Å². The number of amides is 2. The number of nitrogens with one attached hydrogen (secondary N) is 2. The molecule has 1 aromatic carbocycles. The molecule has 7 nitrogen and oxygen atoms in total. The van der Waals surface area contributed by atoms with Gasteiger partial charge in [0, 0.05) is 5.56 Å². The molecule has 0 unspecified atom stereocenters. The van der Waals surface area contributed by atoms with Crippen molar-refractivity contribution in [2.75, 3.05) is 19.8 Å². The van der Waals surface area contributed by atoms with Crippen molar-refractivity contribution in [3.8, 4) is 5.75 Å². The van der Waals surface area contributed by atoms with Gasteiger partial charge in [0.1, 0.15) is 12.4 Å². The summed E-state index contributed by atoms with van der Waals surface area (Å²) >= 11 is 0. The molecule has 1 heterocycles. The van der Waals surface area contributed by atoms with Crippen molar-refractivity contribution in [3.63, 3.8) is 0 Å². The summed E-state index contributed by atoms with van der Waals surface area (Å²) in [4.78, 5) is 34.5. The van der Waals surface area contributed by atoms with Gasteiger partial charge in [-0.05, 0) is 38.1 Å². The summed E-state index contributed by atoms with van der Waals surface area (Å²) < 4.78 is 10.5. The normalized spacial score (nSPS) is 13.9. The van der Waals surface area contributed by atoms with Crippen molar-refractivity contribution < 1.29 is 23.9 Å². The fraction of sp³-hybridized carbons (Fsp3) is 0.312. The van der Waals surface area contributed by atoms with Gasteiger partial charge in [0.2, 0.25) is 0 Å². The van der Waals surface area contributed by atoms with Gasteiger partial charge >= 0.3 is 12.0 Å². The minimum absolute atomic E-state index is 0.0149. The van der Waals surface area contributed by atoms with Crippen LogP contribution in [0.3, 0.4) is 0 Å². The third-order valence-corrected chi connectivity index (χ3v) is 3.22. The van der Waals surface area contributed by atoms with Gasteiger partial charge in [-0.15, -0.1) is 0 Å². The Morgan fingerprint density at radius 3 is 2.52 bits per heavy atom. The highest BCUT2D eigenvalue weighted by atomic mass is 16.5. The molecule has 0 aromatic heterocycles. The van der Waals surface area contributed by atoms with Gasteiger partial charge in [-0.3, -0.25) is 4.79 Å². The Kier molecular flexibility index (Phi) is 5.35. The van der Waals surface area contributed by atoms with Crippen LogP contribution in [0.1, 0.15) is 24.2 Å². The number of ether oxygens (including phenoxy) is 2. The monoisotopic (exact) mass is 318 g/mol. The summed E-state index contributed by atoms with van der Waals surface area (Å²) in [5.41, 5.74) is 1.27. The average Bonchev–Trinajstić information content (AvgIpc) is 2.53. The van der Waals surface area contributed by atoms with Gasteiger partial charge in [0.15, 0.2) is 5.78 Å². The van der Waals surface area contributed by atoms with E-state index < -0.39 is 12.0 Å². The first-order chi connectivity index (χ1) is 11.0. The van der Waals surface area contributed by atoms with Crippen LogP contribution < -0.4 is 15.4 Å². The molecule has 0 aliphatic carbocycles. The fourth-order valence-electron chi connectivity index (χ4n) is 2.01. The van der Waals surface area contributed by atoms with E-state index >= 15 is 0 Å². The zero-order chi connectivity index (χ0) is 16.8. The van der Waals surface area contributed by atoms with Gasteiger partial charge < -0.3 is 20.1 Å². The van der Waals surface area contributed by atoms with E-state index in [1.54, 1.807) is 31.2 Å². The lowest BCUT2D eigenvalue weighted by atomic mass is 10.1.